The Morgan fingerprint density at radius 3 is 2.56 bits per heavy atom. The Hall–Kier alpha value is -0.580. The van der Waals surface area contributed by atoms with E-state index in [9.17, 15) is 0 Å². The van der Waals surface area contributed by atoms with E-state index >= 15 is 0 Å². The molecule has 0 atom stereocenters. The van der Waals surface area contributed by atoms with Crippen LogP contribution in [-0.4, -0.2) is 14.2 Å². The van der Waals surface area contributed by atoms with Gasteiger partial charge in [-0.2, -0.15) is 0 Å². The summed E-state index contributed by atoms with van der Waals surface area (Å²) in [5.41, 5.74) is 8.37. The third-order valence-corrected chi connectivity index (χ3v) is 3.62. The molecule has 4 heteroatoms. The SMILES string of the molecule is COCc1cc(OC)c(Br)cc1C1(N)CC1. The van der Waals surface area contributed by atoms with Gasteiger partial charge in [0.05, 0.1) is 18.2 Å². The smallest absolute Gasteiger partial charge is 0.133 e. The first-order valence-electron chi connectivity index (χ1n) is 5.25. The van der Waals surface area contributed by atoms with E-state index in [4.69, 9.17) is 15.2 Å². The highest BCUT2D eigenvalue weighted by atomic mass is 79.9. The predicted octanol–water partition coefficient (Wildman–Crippen LogP) is 2.55. The lowest BCUT2D eigenvalue weighted by Gasteiger charge is -2.17. The average molecular weight is 286 g/mol. The van der Waals surface area contributed by atoms with Crippen molar-refractivity contribution in [1.82, 2.24) is 0 Å². The van der Waals surface area contributed by atoms with Crippen LogP contribution < -0.4 is 10.5 Å². The first-order valence-corrected chi connectivity index (χ1v) is 6.05. The standard InChI is InChI=1S/C12H16BrNO2/c1-15-7-8-5-11(16-2)10(13)6-9(8)12(14)3-4-12/h5-6H,3-4,7,14H2,1-2H3. The summed E-state index contributed by atoms with van der Waals surface area (Å²) in [6.45, 7) is 0.567. The van der Waals surface area contributed by atoms with Gasteiger partial charge in [-0.25, -0.2) is 0 Å². The molecule has 0 bridgehead atoms. The Morgan fingerprint density at radius 2 is 2.06 bits per heavy atom. The summed E-state index contributed by atoms with van der Waals surface area (Å²) in [6, 6.07) is 4.05. The van der Waals surface area contributed by atoms with E-state index in [-0.39, 0.29) is 5.54 Å². The molecule has 2 rings (SSSR count). The minimum atomic E-state index is -0.150. The second-order valence-corrected chi connectivity index (χ2v) is 5.09. The molecule has 0 heterocycles. The van der Waals surface area contributed by atoms with E-state index in [1.807, 2.05) is 6.07 Å². The fraction of sp³-hybridized carbons (Fsp3) is 0.500. The Morgan fingerprint density at radius 1 is 1.38 bits per heavy atom. The van der Waals surface area contributed by atoms with E-state index in [0.29, 0.717) is 6.61 Å². The van der Waals surface area contributed by atoms with E-state index in [2.05, 4.69) is 22.0 Å². The maximum Gasteiger partial charge on any atom is 0.133 e. The van der Waals surface area contributed by atoms with Gasteiger partial charge < -0.3 is 15.2 Å². The van der Waals surface area contributed by atoms with Gasteiger partial charge in [0.2, 0.25) is 0 Å². The van der Waals surface area contributed by atoms with Crippen molar-refractivity contribution in [2.24, 2.45) is 5.73 Å². The van der Waals surface area contributed by atoms with Crippen molar-refractivity contribution in [3.05, 3.63) is 27.7 Å². The van der Waals surface area contributed by atoms with Crippen LogP contribution in [0.25, 0.3) is 0 Å². The maximum absolute atomic E-state index is 6.24. The number of rotatable bonds is 4. The topological polar surface area (TPSA) is 44.5 Å². The Balaban J connectivity index is 2.45. The molecule has 1 fully saturated rings. The molecule has 1 aliphatic carbocycles. The summed E-state index contributed by atoms with van der Waals surface area (Å²) < 4.78 is 11.4. The monoisotopic (exact) mass is 285 g/mol. The molecule has 1 aliphatic rings. The van der Waals surface area contributed by atoms with Gasteiger partial charge in [0.15, 0.2) is 0 Å². The quantitative estimate of drug-likeness (QED) is 0.925. The lowest BCUT2D eigenvalue weighted by atomic mass is 9.99. The maximum atomic E-state index is 6.24. The number of benzene rings is 1. The second-order valence-electron chi connectivity index (χ2n) is 4.23. The van der Waals surface area contributed by atoms with Gasteiger partial charge in [0, 0.05) is 12.6 Å². The van der Waals surface area contributed by atoms with Gasteiger partial charge in [-0.3, -0.25) is 0 Å². The molecule has 1 aromatic rings. The van der Waals surface area contributed by atoms with Crippen LogP contribution in [0.5, 0.6) is 5.75 Å². The first-order chi connectivity index (χ1) is 7.60. The van der Waals surface area contributed by atoms with Crippen LogP contribution in [0.1, 0.15) is 24.0 Å². The van der Waals surface area contributed by atoms with Gasteiger partial charge >= 0.3 is 0 Å². The molecule has 16 heavy (non-hydrogen) atoms. The third-order valence-electron chi connectivity index (χ3n) is 3.00. The molecule has 1 aromatic carbocycles. The van der Waals surface area contributed by atoms with Gasteiger partial charge in [-0.15, -0.1) is 0 Å². The second kappa shape index (κ2) is 4.35. The largest absolute Gasteiger partial charge is 0.496 e. The first kappa shape index (κ1) is 11.9. The van der Waals surface area contributed by atoms with E-state index in [0.717, 1.165) is 28.6 Å². The molecule has 0 unspecified atom stereocenters. The fourth-order valence-electron chi connectivity index (χ4n) is 1.89. The molecule has 2 N–H and O–H groups in total. The van der Waals surface area contributed by atoms with Crippen molar-refractivity contribution in [3.8, 4) is 5.75 Å². The molecule has 0 aliphatic heterocycles. The molecule has 1 saturated carbocycles. The average Bonchev–Trinajstić information content (AvgIpc) is 3.00. The molecule has 0 amide bonds. The highest BCUT2D eigenvalue weighted by Gasteiger charge is 2.41. The van der Waals surface area contributed by atoms with Gasteiger partial charge in [0.25, 0.3) is 0 Å². The molecule has 0 saturated heterocycles. The van der Waals surface area contributed by atoms with Crippen molar-refractivity contribution in [2.45, 2.75) is 25.0 Å². The number of nitrogens with two attached hydrogens (primary N) is 1. The van der Waals surface area contributed by atoms with E-state index < -0.39 is 0 Å². The molecular formula is C12H16BrNO2. The molecular weight excluding hydrogens is 270 g/mol. The molecule has 88 valence electrons. The van der Waals surface area contributed by atoms with Gasteiger partial charge in [-0.1, -0.05) is 0 Å². The van der Waals surface area contributed by atoms with E-state index in [1.54, 1.807) is 14.2 Å². The minimum absolute atomic E-state index is 0.150. The van der Waals surface area contributed by atoms with Crippen LogP contribution in [0, 0.1) is 0 Å². The third kappa shape index (κ3) is 2.10. The summed E-state index contributed by atoms with van der Waals surface area (Å²) in [7, 11) is 3.35. The van der Waals surface area contributed by atoms with Crippen LogP contribution in [0.15, 0.2) is 16.6 Å². The zero-order valence-electron chi connectivity index (χ0n) is 9.55. The summed E-state index contributed by atoms with van der Waals surface area (Å²) in [6.07, 6.45) is 2.09. The van der Waals surface area contributed by atoms with Crippen LogP contribution in [0.3, 0.4) is 0 Å². The summed E-state index contributed by atoms with van der Waals surface area (Å²) in [5, 5.41) is 0. The highest BCUT2D eigenvalue weighted by molar-refractivity contribution is 9.10. The van der Waals surface area contributed by atoms with Crippen molar-refractivity contribution in [2.75, 3.05) is 14.2 Å². The normalized spacial score (nSPS) is 17.2. The zero-order valence-corrected chi connectivity index (χ0v) is 11.1. The molecule has 0 spiro atoms. The Bertz CT molecular complexity index is 402. The number of halogens is 1. The number of hydrogen-bond donors (Lipinski definition) is 1. The highest BCUT2D eigenvalue weighted by Crippen LogP contribution is 2.46. The molecule has 0 radical (unpaired) electrons. The van der Waals surface area contributed by atoms with Crippen molar-refractivity contribution >= 4 is 15.9 Å². The summed E-state index contributed by atoms with van der Waals surface area (Å²) >= 11 is 3.49. The Kier molecular flexibility index (Phi) is 3.24. The number of ether oxygens (including phenoxy) is 2. The summed E-state index contributed by atoms with van der Waals surface area (Å²) in [5.74, 6) is 0.819. The van der Waals surface area contributed by atoms with E-state index in [1.165, 1.54) is 5.56 Å². The van der Waals surface area contributed by atoms with Gasteiger partial charge in [-0.05, 0) is 52.0 Å². The summed E-state index contributed by atoms with van der Waals surface area (Å²) in [4.78, 5) is 0. The number of methoxy groups -OCH3 is 2. The zero-order chi connectivity index (χ0) is 11.8. The van der Waals surface area contributed by atoms with Crippen LogP contribution in [0.4, 0.5) is 0 Å². The van der Waals surface area contributed by atoms with Gasteiger partial charge in [0.1, 0.15) is 5.75 Å². The Labute approximate surface area is 104 Å². The van der Waals surface area contributed by atoms with Crippen molar-refractivity contribution < 1.29 is 9.47 Å². The van der Waals surface area contributed by atoms with Crippen LogP contribution >= 0.6 is 15.9 Å². The molecule has 0 aromatic heterocycles. The van der Waals surface area contributed by atoms with Crippen LogP contribution in [-0.2, 0) is 16.9 Å². The van der Waals surface area contributed by atoms with Crippen molar-refractivity contribution in [3.63, 3.8) is 0 Å². The minimum Gasteiger partial charge on any atom is -0.496 e. The number of hydrogen-bond acceptors (Lipinski definition) is 3. The lowest BCUT2D eigenvalue weighted by molar-refractivity contribution is 0.183. The predicted molar refractivity (Wildman–Crippen MR) is 66.5 cm³/mol. The lowest BCUT2D eigenvalue weighted by Crippen LogP contribution is -2.21. The molecule has 3 nitrogen and oxygen atoms in total. The van der Waals surface area contributed by atoms with Crippen LogP contribution in [0.2, 0.25) is 0 Å². The fourth-order valence-corrected chi connectivity index (χ4v) is 2.40. The van der Waals surface area contributed by atoms with Crippen molar-refractivity contribution in [1.29, 1.82) is 0 Å².